The van der Waals surface area contributed by atoms with Gasteiger partial charge in [-0.1, -0.05) is 13.8 Å². The van der Waals surface area contributed by atoms with Gasteiger partial charge in [0.2, 0.25) is 5.91 Å². The molecule has 0 saturated carbocycles. The molecule has 0 spiro atoms. The lowest BCUT2D eigenvalue weighted by atomic mass is 10.1. The van der Waals surface area contributed by atoms with Crippen LogP contribution in [-0.4, -0.2) is 16.7 Å². The van der Waals surface area contributed by atoms with Crippen molar-refractivity contribution in [3.63, 3.8) is 0 Å². The van der Waals surface area contributed by atoms with Crippen LogP contribution in [0.3, 0.4) is 0 Å². The van der Waals surface area contributed by atoms with Crippen molar-refractivity contribution in [2.45, 2.75) is 20.3 Å². The second-order valence-electron chi connectivity index (χ2n) is 5.57. The van der Waals surface area contributed by atoms with E-state index in [1.165, 1.54) is 6.07 Å². The van der Waals surface area contributed by atoms with E-state index in [1.807, 2.05) is 13.8 Å². The zero-order valence-corrected chi connectivity index (χ0v) is 13.2. The van der Waals surface area contributed by atoms with Crippen molar-refractivity contribution in [3.8, 4) is 0 Å². The topological polar surface area (TPSA) is 114 Å². The number of furan rings is 1. The van der Waals surface area contributed by atoms with Gasteiger partial charge >= 0.3 is 5.88 Å². The second-order valence-corrected chi connectivity index (χ2v) is 5.57. The van der Waals surface area contributed by atoms with Crippen LogP contribution in [0.4, 0.5) is 17.3 Å². The third kappa shape index (κ3) is 4.67. The largest absolute Gasteiger partial charge is 0.433 e. The highest BCUT2D eigenvalue weighted by Crippen LogP contribution is 2.19. The molecular weight excluding hydrogens is 314 g/mol. The molecule has 8 nitrogen and oxygen atoms in total. The maximum Gasteiger partial charge on any atom is 0.433 e. The maximum absolute atomic E-state index is 11.9. The third-order valence-corrected chi connectivity index (χ3v) is 3.02. The normalized spacial score (nSPS) is 10.5. The summed E-state index contributed by atoms with van der Waals surface area (Å²) in [5.41, 5.74) is 1.09. The van der Waals surface area contributed by atoms with Gasteiger partial charge in [-0.25, -0.2) is 0 Å². The maximum atomic E-state index is 11.9. The predicted octanol–water partition coefficient (Wildman–Crippen LogP) is 3.42. The summed E-state index contributed by atoms with van der Waals surface area (Å²) in [4.78, 5) is 33.4. The Labute approximate surface area is 138 Å². The number of nitrogens with zero attached hydrogens (tertiary/aromatic N) is 1. The van der Waals surface area contributed by atoms with Crippen molar-refractivity contribution in [2.24, 2.45) is 5.92 Å². The fourth-order valence-corrected chi connectivity index (χ4v) is 1.96. The van der Waals surface area contributed by atoms with Gasteiger partial charge in [0.05, 0.1) is 6.07 Å². The van der Waals surface area contributed by atoms with E-state index >= 15 is 0 Å². The molecule has 126 valence electrons. The molecule has 8 heteroatoms. The minimum Gasteiger partial charge on any atom is -0.395 e. The van der Waals surface area contributed by atoms with Gasteiger partial charge < -0.3 is 15.1 Å². The summed E-state index contributed by atoms with van der Waals surface area (Å²) < 4.78 is 4.82. The summed E-state index contributed by atoms with van der Waals surface area (Å²) >= 11 is 0. The minimum absolute atomic E-state index is 0.0790. The Kier molecular flexibility index (Phi) is 5.31. The quantitative estimate of drug-likeness (QED) is 0.621. The zero-order valence-electron chi connectivity index (χ0n) is 13.2. The lowest BCUT2D eigenvalue weighted by Gasteiger charge is -2.08. The number of benzene rings is 1. The van der Waals surface area contributed by atoms with E-state index in [-0.39, 0.29) is 17.6 Å². The van der Waals surface area contributed by atoms with Gasteiger partial charge in [0.1, 0.15) is 4.92 Å². The molecule has 0 unspecified atom stereocenters. The Morgan fingerprint density at radius 3 is 2.17 bits per heavy atom. The van der Waals surface area contributed by atoms with Crippen LogP contribution in [0.25, 0.3) is 0 Å². The standard InChI is InChI=1S/C16H17N3O5/c1-10(2)9-14(20)17-11-3-5-12(6-4-11)18-16(21)13-7-8-15(24-13)19(22)23/h3-8,10H,9H2,1-2H3,(H,17,20)(H,18,21). The molecular formula is C16H17N3O5. The first-order valence-electron chi connectivity index (χ1n) is 7.30. The Balaban J connectivity index is 1.96. The highest BCUT2D eigenvalue weighted by molar-refractivity contribution is 6.02. The van der Waals surface area contributed by atoms with Gasteiger partial charge in [0.15, 0.2) is 5.76 Å². The van der Waals surface area contributed by atoms with Crippen LogP contribution in [0.2, 0.25) is 0 Å². The van der Waals surface area contributed by atoms with Gasteiger partial charge in [0.25, 0.3) is 5.91 Å². The average molecular weight is 331 g/mol. The summed E-state index contributed by atoms with van der Waals surface area (Å²) in [5, 5.41) is 15.8. The monoisotopic (exact) mass is 331 g/mol. The summed E-state index contributed by atoms with van der Waals surface area (Å²) in [5.74, 6) is -1.07. The molecule has 1 heterocycles. The number of nitro groups is 1. The van der Waals surface area contributed by atoms with Crippen molar-refractivity contribution >= 4 is 29.1 Å². The van der Waals surface area contributed by atoms with Gasteiger partial charge in [0, 0.05) is 17.8 Å². The van der Waals surface area contributed by atoms with E-state index < -0.39 is 16.7 Å². The molecule has 2 rings (SSSR count). The van der Waals surface area contributed by atoms with Crippen LogP contribution < -0.4 is 10.6 Å². The third-order valence-electron chi connectivity index (χ3n) is 3.02. The first-order valence-corrected chi connectivity index (χ1v) is 7.30. The van der Waals surface area contributed by atoms with Crippen LogP contribution in [0.1, 0.15) is 30.8 Å². The molecule has 0 aliphatic heterocycles. The molecule has 0 fully saturated rings. The molecule has 0 aliphatic rings. The fraction of sp³-hybridized carbons (Fsp3) is 0.250. The van der Waals surface area contributed by atoms with Crippen LogP contribution >= 0.6 is 0 Å². The molecule has 2 N–H and O–H groups in total. The molecule has 0 saturated heterocycles. The summed E-state index contributed by atoms with van der Waals surface area (Å²) in [6.07, 6.45) is 0.426. The SMILES string of the molecule is CC(C)CC(=O)Nc1ccc(NC(=O)c2ccc([N+](=O)[O-])o2)cc1. The number of carbonyl (C=O) groups is 2. The van der Waals surface area contributed by atoms with Gasteiger partial charge in [-0.15, -0.1) is 0 Å². The van der Waals surface area contributed by atoms with Crippen LogP contribution in [-0.2, 0) is 4.79 Å². The molecule has 2 amide bonds. The van der Waals surface area contributed by atoms with E-state index in [9.17, 15) is 19.7 Å². The highest BCUT2D eigenvalue weighted by Gasteiger charge is 2.17. The highest BCUT2D eigenvalue weighted by atomic mass is 16.6. The van der Waals surface area contributed by atoms with Crippen LogP contribution in [0.15, 0.2) is 40.8 Å². The average Bonchev–Trinajstić information content (AvgIpc) is 2.98. The zero-order chi connectivity index (χ0) is 17.7. The molecule has 0 aliphatic carbocycles. The van der Waals surface area contributed by atoms with Crippen LogP contribution in [0.5, 0.6) is 0 Å². The van der Waals surface area contributed by atoms with E-state index in [1.54, 1.807) is 24.3 Å². The molecule has 1 aromatic heterocycles. The van der Waals surface area contributed by atoms with Gasteiger partial charge in [-0.05, 0) is 36.2 Å². The lowest BCUT2D eigenvalue weighted by Crippen LogP contribution is -2.14. The predicted molar refractivity (Wildman–Crippen MR) is 87.8 cm³/mol. The lowest BCUT2D eigenvalue weighted by molar-refractivity contribution is -0.402. The van der Waals surface area contributed by atoms with Gasteiger partial charge in [-0.2, -0.15) is 0 Å². The number of anilines is 2. The number of nitrogens with one attached hydrogen (secondary N) is 2. The molecule has 24 heavy (non-hydrogen) atoms. The number of carbonyl (C=O) groups excluding carboxylic acids is 2. The minimum atomic E-state index is -0.717. The smallest absolute Gasteiger partial charge is 0.395 e. The Morgan fingerprint density at radius 2 is 1.67 bits per heavy atom. The number of hydrogen-bond donors (Lipinski definition) is 2. The van der Waals surface area contributed by atoms with E-state index in [0.717, 1.165) is 6.07 Å². The Hall–Kier alpha value is -3.16. The molecule has 0 radical (unpaired) electrons. The Bertz CT molecular complexity index is 749. The van der Waals surface area contributed by atoms with Crippen molar-refractivity contribution < 1.29 is 18.9 Å². The van der Waals surface area contributed by atoms with Crippen molar-refractivity contribution in [3.05, 3.63) is 52.3 Å². The second kappa shape index (κ2) is 7.40. The Morgan fingerprint density at radius 1 is 1.08 bits per heavy atom. The first-order chi connectivity index (χ1) is 11.3. The summed E-state index contributed by atoms with van der Waals surface area (Å²) in [6.45, 7) is 3.91. The van der Waals surface area contributed by atoms with Crippen molar-refractivity contribution in [2.75, 3.05) is 10.6 Å². The number of rotatable bonds is 6. The molecule has 0 atom stereocenters. The molecule has 0 bridgehead atoms. The van der Waals surface area contributed by atoms with E-state index in [4.69, 9.17) is 4.42 Å². The van der Waals surface area contributed by atoms with Crippen molar-refractivity contribution in [1.82, 2.24) is 0 Å². The summed E-state index contributed by atoms with van der Waals surface area (Å²) in [6, 6.07) is 8.87. The fourth-order valence-electron chi connectivity index (χ4n) is 1.96. The number of amides is 2. The first kappa shape index (κ1) is 17.2. The van der Waals surface area contributed by atoms with Crippen LogP contribution in [0, 0.1) is 16.0 Å². The van der Waals surface area contributed by atoms with E-state index in [0.29, 0.717) is 17.8 Å². The molecule has 2 aromatic rings. The van der Waals surface area contributed by atoms with Crippen molar-refractivity contribution in [1.29, 1.82) is 0 Å². The van der Waals surface area contributed by atoms with Gasteiger partial charge in [-0.3, -0.25) is 19.7 Å². The number of hydrogen-bond acceptors (Lipinski definition) is 5. The summed E-state index contributed by atoms with van der Waals surface area (Å²) in [7, 11) is 0. The molecule has 1 aromatic carbocycles. The van der Waals surface area contributed by atoms with E-state index in [2.05, 4.69) is 10.6 Å².